The van der Waals surface area contributed by atoms with Gasteiger partial charge in [-0.05, 0) is 69.2 Å². The smallest absolute Gasteiger partial charge is 0.242 e. The van der Waals surface area contributed by atoms with Gasteiger partial charge in [-0.15, -0.1) is 0 Å². The molecule has 0 spiro atoms. The van der Waals surface area contributed by atoms with Gasteiger partial charge in [0.15, 0.2) is 0 Å². The van der Waals surface area contributed by atoms with Crippen LogP contribution in [0, 0.1) is 0 Å². The molecule has 0 aliphatic heterocycles. The molecule has 0 saturated carbocycles. The van der Waals surface area contributed by atoms with E-state index in [9.17, 15) is 9.59 Å². The number of carbonyl (C=O) groups excluding carboxylic acids is 2. The van der Waals surface area contributed by atoms with Crippen molar-refractivity contribution in [3.63, 3.8) is 0 Å². The summed E-state index contributed by atoms with van der Waals surface area (Å²) in [5, 5.41) is 3.54. The van der Waals surface area contributed by atoms with E-state index in [0.717, 1.165) is 10.0 Å². The maximum atomic E-state index is 13.0. The molecule has 0 aromatic heterocycles. The van der Waals surface area contributed by atoms with Crippen molar-refractivity contribution in [1.29, 1.82) is 0 Å². The first-order chi connectivity index (χ1) is 14.3. The van der Waals surface area contributed by atoms with E-state index in [1.807, 2.05) is 38.1 Å². The standard InChI is InChI=1S/C23H28BrClN2O3/c1-16(2)26-23(29)17(3)27(15-18-6-8-19(24)9-7-18)22(28)5-4-14-30-21-12-10-20(25)11-13-21/h6-13,16-17H,4-5,14-15H2,1-3H3,(H,26,29)/t17-/m0/s1. The zero-order valence-corrected chi connectivity index (χ0v) is 19.9. The average molecular weight is 496 g/mol. The summed E-state index contributed by atoms with van der Waals surface area (Å²) >= 11 is 9.29. The van der Waals surface area contributed by atoms with Gasteiger partial charge in [-0.2, -0.15) is 0 Å². The summed E-state index contributed by atoms with van der Waals surface area (Å²) in [5.41, 5.74) is 0.966. The largest absolute Gasteiger partial charge is 0.494 e. The van der Waals surface area contributed by atoms with Crippen LogP contribution in [-0.4, -0.2) is 35.4 Å². The molecule has 5 nitrogen and oxygen atoms in total. The third-order valence-electron chi connectivity index (χ3n) is 4.48. The van der Waals surface area contributed by atoms with Crippen LogP contribution < -0.4 is 10.1 Å². The Morgan fingerprint density at radius 2 is 1.70 bits per heavy atom. The van der Waals surface area contributed by atoms with E-state index in [-0.39, 0.29) is 17.9 Å². The number of rotatable bonds is 10. The van der Waals surface area contributed by atoms with E-state index in [1.54, 1.807) is 36.1 Å². The molecule has 2 rings (SSSR count). The summed E-state index contributed by atoms with van der Waals surface area (Å²) in [5.74, 6) is 0.472. The van der Waals surface area contributed by atoms with E-state index in [2.05, 4.69) is 21.2 Å². The topological polar surface area (TPSA) is 58.6 Å². The van der Waals surface area contributed by atoms with Crippen molar-refractivity contribution in [2.45, 2.75) is 52.2 Å². The summed E-state index contributed by atoms with van der Waals surface area (Å²) in [7, 11) is 0. The predicted octanol–water partition coefficient (Wildman–Crippen LogP) is 5.20. The van der Waals surface area contributed by atoms with Crippen LogP contribution in [0.25, 0.3) is 0 Å². The minimum absolute atomic E-state index is 0.0114. The highest BCUT2D eigenvalue weighted by Gasteiger charge is 2.26. The Hall–Kier alpha value is -2.05. The first-order valence-electron chi connectivity index (χ1n) is 9.99. The molecule has 0 heterocycles. The molecule has 0 aliphatic rings. The van der Waals surface area contributed by atoms with E-state index in [0.29, 0.717) is 36.8 Å². The van der Waals surface area contributed by atoms with Crippen molar-refractivity contribution in [2.75, 3.05) is 6.61 Å². The van der Waals surface area contributed by atoms with Crippen molar-refractivity contribution < 1.29 is 14.3 Å². The van der Waals surface area contributed by atoms with E-state index in [1.165, 1.54) is 0 Å². The molecule has 0 unspecified atom stereocenters. The number of benzene rings is 2. The van der Waals surface area contributed by atoms with Gasteiger partial charge in [-0.1, -0.05) is 39.7 Å². The van der Waals surface area contributed by atoms with Crippen LogP contribution in [0.3, 0.4) is 0 Å². The summed E-state index contributed by atoms with van der Waals surface area (Å²) < 4.78 is 6.64. The van der Waals surface area contributed by atoms with Crippen molar-refractivity contribution in [2.24, 2.45) is 0 Å². The third kappa shape index (κ3) is 8.00. The van der Waals surface area contributed by atoms with Crippen LogP contribution >= 0.6 is 27.5 Å². The number of amides is 2. The second-order valence-corrected chi connectivity index (χ2v) is 8.75. The van der Waals surface area contributed by atoms with Crippen LogP contribution in [0.1, 0.15) is 39.2 Å². The zero-order valence-electron chi connectivity index (χ0n) is 17.5. The first kappa shape index (κ1) is 24.2. The third-order valence-corrected chi connectivity index (χ3v) is 5.26. The molecule has 2 amide bonds. The van der Waals surface area contributed by atoms with Gasteiger partial charge in [-0.25, -0.2) is 0 Å². The van der Waals surface area contributed by atoms with Crippen LogP contribution in [-0.2, 0) is 16.1 Å². The Balaban J connectivity index is 1.98. The quantitative estimate of drug-likeness (QED) is 0.461. The Labute approximate surface area is 191 Å². The lowest BCUT2D eigenvalue weighted by atomic mass is 10.1. The molecule has 1 atom stereocenters. The van der Waals surface area contributed by atoms with Crippen molar-refractivity contribution in [3.8, 4) is 5.75 Å². The minimum atomic E-state index is -0.569. The fraction of sp³-hybridized carbons (Fsp3) is 0.391. The summed E-state index contributed by atoms with van der Waals surface area (Å²) in [6, 6.07) is 14.3. The highest BCUT2D eigenvalue weighted by atomic mass is 79.9. The molecular weight excluding hydrogens is 468 g/mol. The number of nitrogens with one attached hydrogen (secondary N) is 1. The number of nitrogens with zero attached hydrogens (tertiary/aromatic N) is 1. The van der Waals surface area contributed by atoms with Crippen LogP contribution in [0.5, 0.6) is 5.75 Å². The van der Waals surface area contributed by atoms with Gasteiger partial charge in [0.25, 0.3) is 0 Å². The van der Waals surface area contributed by atoms with Gasteiger partial charge in [0.2, 0.25) is 11.8 Å². The van der Waals surface area contributed by atoms with E-state index >= 15 is 0 Å². The molecule has 0 radical (unpaired) electrons. The Morgan fingerprint density at radius 1 is 1.07 bits per heavy atom. The highest BCUT2D eigenvalue weighted by molar-refractivity contribution is 9.10. The van der Waals surface area contributed by atoms with Crippen molar-refractivity contribution >= 4 is 39.3 Å². The lowest BCUT2D eigenvalue weighted by Crippen LogP contribution is -2.49. The van der Waals surface area contributed by atoms with Gasteiger partial charge in [0.05, 0.1) is 6.61 Å². The molecule has 30 heavy (non-hydrogen) atoms. The van der Waals surface area contributed by atoms with Gasteiger partial charge in [0.1, 0.15) is 11.8 Å². The molecule has 2 aromatic rings. The number of hydrogen-bond acceptors (Lipinski definition) is 3. The molecule has 0 saturated heterocycles. The molecule has 7 heteroatoms. The normalized spacial score (nSPS) is 11.8. The van der Waals surface area contributed by atoms with Gasteiger partial charge in [0, 0.05) is 28.5 Å². The fourth-order valence-electron chi connectivity index (χ4n) is 2.86. The Morgan fingerprint density at radius 3 is 2.30 bits per heavy atom. The maximum absolute atomic E-state index is 13.0. The van der Waals surface area contributed by atoms with Crippen molar-refractivity contribution in [3.05, 3.63) is 63.6 Å². The number of carbonyl (C=O) groups is 2. The van der Waals surface area contributed by atoms with E-state index in [4.69, 9.17) is 16.3 Å². The Kier molecular flexibility index (Phi) is 9.66. The second kappa shape index (κ2) is 12.0. The van der Waals surface area contributed by atoms with Crippen molar-refractivity contribution in [1.82, 2.24) is 10.2 Å². The fourth-order valence-corrected chi connectivity index (χ4v) is 3.25. The molecular formula is C23H28BrClN2O3. The first-order valence-corrected chi connectivity index (χ1v) is 11.2. The molecule has 0 bridgehead atoms. The predicted molar refractivity (Wildman–Crippen MR) is 124 cm³/mol. The maximum Gasteiger partial charge on any atom is 0.242 e. The number of halogens is 2. The van der Waals surface area contributed by atoms with Crippen LogP contribution in [0.4, 0.5) is 0 Å². The highest BCUT2D eigenvalue weighted by Crippen LogP contribution is 2.17. The lowest BCUT2D eigenvalue weighted by molar-refractivity contribution is -0.141. The van der Waals surface area contributed by atoms with Crippen LogP contribution in [0.15, 0.2) is 53.0 Å². The van der Waals surface area contributed by atoms with E-state index < -0.39 is 6.04 Å². The molecule has 0 aliphatic carbocycles. The molecule has 2 aromatic carbocycles. The van der Waals surface area contributed by atoms with Crippen LogP contribution in [0.2, 0.25) is 5.02 Å². The summed E-state index contributed by atoms with van der Waals surface area (Å²) in [6.07, 6.45) is 0.847. The summed E-state index contributed by atoms with van der Waals surface area (Å²) in [4.78, 5) is 27.1. The molecule has 1 N–H and O–H groups in total. The molecule has 0 fully saturated rings. The second-order valence-electron chi connectivity index (χ2n) is 7.39. The molecule has 162 valence electrons. The SMILES string of the molecule is CC(C)NC(=O)[C@H](C)N(Cc1ccc(Br)cc1)C(=O)CCCOc1ccc(Cl)cc1. The summed E-state index contributed by atoms with van der Waals surface area (Å²) in [6.45, 7) is 6.35. The monoisotopic (exact) mass is 494 g/mol. The Bertz CT molecular complexity index is 825. The minimum Gasteiger partial charge on any atom is -0.494 e. The van der Waals surface area contributed by atoms with Gasteiger partial charge < -0.3 is 15.0 Å². The zero-order chi connectivity index (χ0) is 22.1. The van der Waals surface area contributed by atoms with Gasteiger partial charge >= 0.3 is 0 Å². The average Bonchev–Trinajstić information content (AvgIpc) is 2.71. The lowest BCUT2D eigenvalue weighted by Gasteiger charge is -2.29. The number of hydrogen-bond donors (Lipinski definition) is 1. The number of ether oxygens (including phenoxy) is 1. The van der Waals surface area contributed by atoms with Gasteiger partial charge in [-0.3, -0.25) is 9.59 Å².